The molecule has 2 aromatic carbocycles. The maximum atomic E-state index is 15.1. The Kier molecular flexibility index (Phi) is 15.3. The number of aromatic nitrogens is 4. The number of H-pyrrole nitrogens is 2. The van der Waals surface area contributed by atoms with Crippen LogP contribution in [0.2, 0.25) is 0 Å². The van der Waals surface area contributed by atoms with E-state index in [1.165, 1.54) is 36.4 Å². The SMILES string of the molecule is CSc1cc(C)[nH]c(=O)c1CNC(=O)c1c(Cc2ccc3c(C(=O)NCc4c(SC)cc(C)[nH]c4=O)n(C)c([C@H](C)C4CCC(NC5COC5)CC4)c3c2)n([C@H](C)C2CCC3(CCCN3)CC2)c2ccccc12. The summed E-state index contributed by atoms with van der Waals surface area (Å²) in [6.45, 7) is 11.3. The van der Waals surface area contributed by atoms with Gasteiger partial charge in [-0.25, -0.2) is 0 Å². The first-order valence-corrected chi connectivity index (χ1v) is 29.1. The van der Waals surface area contributed by atoms with Crippen LogP contribution in [0.15, 0.2) is 74.0 Å². The number of pyridine rings is 2. The number of nitrogens with zero attached hydrogens (tertiary/aromatic N) is 2. The highest BCUT2D eigenvalue weighted by Gasteiger charge is 2.40. The minimum Gasteiger partial charge on any atom is -0.378 e. The molecule has 2 saturated heterocycles. The third-order valence-electron chi connectivity index (χ3n) is 17.3. The van der Waals surface area contributed by atoms with Gasteiger partial charge in [-0.3, -0.25) is 19.2 Å². The van der Waals surface area contributed by atoms with Crippen molar-refractivity contribution < 1.29 is 14.3 Å². The number of thioether (sulfide) groups is 2. The molecule has 13 nitrogen and oxygen atoms in total. The molecule has 0 bridgehead atoms. The van der Waals surface area contributed by atoms with Gasteiger partial charge in [-0.1, -0.05) is 37.3 Å². The molecular weight excluding hydrogens is 953 g/mol. The molecule has 2 aliphatic carbocycles. The van der Waals surface area contributed by atoms with Crippen molar-refractivity contribution in [3.05, 3.63) is 126 Å². The number of nitrogens with one attached hydrogen (secondary N) is 6. The van der Waals surface area contributed by atoms with Gasteiger partial charge in [0.05, 0.1) is 24.8 Å². The molecule has 15 heteroatoms. The summed E-state index contributed by atoms with van der Waals surface area (Å²) >= 11 is 3.01. The largest absolute Gasteiger partial charge is 0.378 e. The molecule has 4 aliphatic rings. The van der Waals surface area contributed by atoms with Gasteiger partial charge in [-0.15, -0.1) is 23.5 Å². The number of aromatic amines is 2. The molecule has 1 spiro atoms. The summed E-state index contributed by atoms with van der Waals surface area (Å²) in [6, 6.07) is 19.8. The Bertz CT molecular complexity index is 3140. The van der Waals surface area contributed by atoms with Gasteiger partial charge in [0.15, 0.2) is 0 Å². The highest BCUT2D eigenvalue weighted by Crippen LogP contribution is 2.45. The smallest absolute Gasteiger partial charge is 0.268 e. The fraction of sp³-hybridized carbons (Fsp3) is 0.517. The second-order valence-corrected chi connectivity index (χ2v) is 23.5. The molecule has 6 heterocycles. The predicted octanol–water partition coefficient (Wildman–Crippen LogP) is 9.55. The Balaban J connectivity index is 1.04. The Morgan fingerprint density at radius 1 is 0.767 bits per heavy atom. The summed E-state index contributed by atoms with van der Waals surface area (Å²) in [4.78, 5) is 63.8. The zero-order valence-corrected chi connectivity index (χ0v) is 45.4. The highest BCUT2D eigenvalue weighted by atomic mass is 32.2. The standard InChI is InChI=1S/C58H74N8O5S2/c1-33-25-49(72-6)45(54(67)62-33)29-59-56(69)51-43-11-8-9-12-47(43)66(36(4)39-19-22-58(23-20-39)21-10-24-61-58)48(51)28-37-13-18-42-44(27-37)52(35(3)38-14-16-40(17-15-38)64-41-31-71-32-41)65(5)53(42)57(70)60-30-46-50(73-7)26-34(2)63-55(46)68/h8-9,11-13,18,25-27,35-36,38-41,61,64H,10,14-17,19-24,28-32H2,1-7H3,(H,59,69)(H,60,70)(H,62,67)(H,63,68)/t35-,36-,38?,39?,40?,58?/m1/s1. The number of fused-ring (bicyclic) bond motifs is 2. The average Bonchev–Trinajstić information content (AvgIpc) is 4.05. The van der Waals surface area contributed by atoms with E-state index in [9.17, 15) is 14.4 Å². The molecule has 73 heavy (non-hydrogen) atoms. The molecule has 2 saturated carbocycles. The van der Waals surface area contributed by atoms with Gasteiger partial charge >= 0.3 is 0 Å². The Morgan fingerprint density at radius 2 is 1.41 bits per heavy atom. The van der Waals surface area contributed by atoms with Crippen LogP contribution in [-0.4, -0.2) is 80.8 Å². The number of hydrogen-bond acceptors (Lipinski definition) is 9. The molecule has 0 radical (unpaired) electrons. The molecule has 2 aliphatic heterocycles. The molecule has 4 aromatic heterocycles. The molecule has 2 amide bonds. The van der Waals surface area contributed by atoms with E-state index in [1.54, 1.807) is 0 Å². The van der Waals surface area contributed by atoms with Gasteiger partial charge in [0.25, 0.3) is 22.9 Å². The first-order valence-electron chi connectivity index (χ1n) is 26.7. The molecule has 6 N–H and O–H groups in total. The van der Waals surface area contributed by atoms with Gasteiger partial charge in [-0.2, -0.15) is 0 Å². The lowest BCUT2D eigenvalue weighted by atomic mass is 9.73. The monoisotopic (exact) mass is 1030 g/mol. The van der Waals surface area contributed by atoms with Crippen molar-refractivity contribution in [2.24, 2.45) is 18.9 Å². The number of aryl methyl sites for hydroxylation is 2. The molecule has 4 fully saturated rings. The maximum absolute atomic E-state index is 15.1. The summed E-state index contributed by atoms with van der Waals surface area (Å²) in [7, 11) is 2.02. The van der Waals surface area contributed by atoms with E-state index in [1.807, 2.05) is 51.6 Å². The third kappa shape index (κ3) is 10.3. The van der Waals surface area contributed by atoms with Crippen LogP contribution in [0.4, 0.5) is 0 Å². The van der Waals surface area contributed by atoms with Crippen LogP contribution in [0.1, 0.15) is 150 Å². The Labute approximate surface area is 437 Å². The summed E-state index contributed by atoms with van der Waals surface area (Å²) in [6.07, 6.45) is 15.7. The summed E-state index contributed by atoms with van der Waals surface area (Å²) in [5.41, 5.74) is 7.89. The van der Waals surface area contributed by atoms with Crippen LogP contribution in [0.5, 0.6) is 0 Å². The minimum atomic E-state index is -0.228. The van der Waals surface area contributed by atoms with E-state index in [4.69, 9.17) is 4.74 Å². The first kappa shape index (κ1) is 51.4. The zero-order chi connectivity index (χ0) is 51.1. The van der Waals surface area contributed by atoms with E-state index < -0.39 is 0 Å². The Hall–Kier alpha value is -5.06. The Morgan fingerprint density at radius 3 is 2.01 bits per heavy atom. The molecule has 2 atom stereocenters. The topological polar surface area (TPSA) is 167 Å². The first-order chi connectivity index (χ1) is 35.3. The third-order valence-corrected chi connectivity index (χ3v) is 18.9. The highest BCUT2D eigenvalue weighted by molar-refractivity contribution is 7.98. The number of carbonyl (C=O) groups is 2. The van der Waals surface area contributed by atoms with Crippen molar-refractivity contribution in [1.82, 2.24) is 40.4 Å². The second kappa shape index (κ2) is 21.7. The van der Waals surface area contributed by atoms with E-state index >= 15 is 4.79 Å². The number of para-hydroxylation sites is 1. The van der Waals surface area contributed by atoms with Crippen molar-refractivity contribution in [3.63, 3.8) is 0 Å². The van der Waals surface area contributed by atoms with Crippen LogP contribution >= 0.6 is 23.5 Å². The molecule has 388 valence electrons. The van der Waals surface area contributed by atoms with Gasteiger partial charge in [0, 0.05) is 110 Å². The maximum Gasteiger partial charge on any atom is 0.268 e. The molecule has 10 rings (SSSR count). The molecular formula is C58H74N8O5S2. The van der Waals surface area contributed by atoms with E-state index in [2.05, 4.69) is 90.6 Å². The van der Waals surface area contributed by atoms with Crippen molar-refractivity contribution in [2.45, 2.75) is 151 Å². The van der Waals surface area contributed by atoms with Gasteiger partial charge in [0.1, 0.15) is 5.69 Å². The molecule has 6 aromatic rings. The number of carbonyl (C=O) groups excluding carboxylic acids is 2. The van der Waals surface area contributed by atoms with Crippen LogP contribution in [-0.2, 0) is 31.3 Å². The minimum absolute atomic E-state index is 0.1000. The zero-order valence-electron chi connectivity index (χ0n) is 43.7. The van der Waals surface area contributed by atoms with Crippen molar-refractivity contribution in [3.8, 4) is 0 Å². The average molecular weight is 1030 g/mol. The van der Waals surface area contributed by atoms with Crippen LogP contribution in [0, 0.1) is 25.7 Å². The van der Waals surface area contributed by atoms with Crippen molar-refractivity contribution in [1.29, 1.82) is 0 Å². The lowest BCUT2D eigenvalue weighted by molar-refractivity contribution is -0.0128. The van der Waals surface area contributed by atoms with Crippen LogP contribution in [0.25, 0.3) is 21.7 Å². The van der Waals surface area contributed by atoms with Crippen molar-refractivity contribution in [2.75, 3.05) is 32.3 Å². The number of ether oxygens (including phenoxy) is 1. The number of amides is 2. The van der Waals surface area contributed by atoms with Gasteiger partial charge < -0.3 is 45.1 Å². The van der Waals surface area contributed by atoms with E-state index in [0.717, 1.165) is 131 Å². The normalized spacial score (nSPS) is 22.2. The number of rotatable bonds is 16. The summed E-state index contributed by atoms with van der Waals surface area (Å²) < 4.78 is 10.0. The predicted molar refractivity (Wildman–Crippen MR) is 296 cm³/mol. The van der Waals surface area contributed by atoms with E-state index in [-0.39, 0.29) is 53.5 Å². The summed E-state index contributed by atoms with van der Waals surface area (Å²) in [5, 5.41) is 16.9. The fourth-order valence-corrected chi connectivity index (χ4v) is 14.7. The van der Waals surface area contributed by atoms with E-state index in [0.29, 0.717) is 52.7 Å². The second-order valence-electron chi connectivity index (χ2n) is 21.8. The fourth-order valence-electron chi connectivity index (χ4n) is 13.3. The summed E-state index contributed by atoms with van der Waals surface area (Å²) in [5.74, 6) is 0.556. The molecule has 0 unspecified atom stereocenters. The number of hydrogen-bond donors (Lipinski definition) is 6. The number of benzene rings is 2. The van der Waals surface area contributed by atoms with Crippen LogP contribution in [0.3, 0.4) is 0 Å². The quantitative estimate of drug-likeness (QED) is 0.0518. The lowest BCUT2D eigenvalue weighted by Gasteiger charge is -2.40. The lowest BCUT2D eigenvalue weighted by Crippen LogP contribution is -2.51. The van der Waals surface area contributed by atoms with Gasteiger partial charge in [0.2, 0.25) is 0 Å². The van der Waals surface area contributed by atoms with Gasteiger partial charge in [-0.05, 0) is 152 Å². The van der Waals surface area contributed by atoms with Crippen LogP contribution < -0.4 is 32.4 Å². The van der Waals surface area contributed by atoms with Crippen molar-refractivity contribution >= 4 is 57.0 Å².